The molecule has 1 fully saturated rings. The van der Waals surface area contributed by atoms with Crippen molar-refractivity contribution < 1.29 is 18.9 Å². The molecule has 2 heterocycles. The lowest BCUT2D eigenvalue weighted by Crippen LogP contribution is -2.29. The first-order valence-electron chi connectivity index (χ1n) is 8.45. The minimum Gasteiger partial charge on any atom is -0.456 e. The molecule has 0 spiro atoms. The maximum Gasteiger partial charge on any atom is 0.280 e. The normalized spacial score (nSPS) is 15.5. The van der Waals surface area contributed by atoms with Crippen LogP contribution >= 0.6 is 24.0 Å². The van der Waals surface area contributed by atoms with Gasteiger partial charge in [0.25, 0.3) is 11.6 Å². The van der Waals surface area contributed by atoms with Gasteiger partial charge in [-0.1, -0.05) is 36.1 Å². The van der Waals surface area contributed by atoms with Crippen LogP contribution in [0.3, 0.4) is 0 Å². The number of hydrogen-bond acceptors (Lipinski definition) is 7. The Morgan fingerprint density at radius 3 is 2.79 bits per heavy atom. The number of hydrogen-bond donors (Lipinski definition) is 0. The number of carbonyl (C=O) groups is 2. The van der Waals surface area contributed by atoms with Gasteiger partial charge in [-0.25, -0.2) is 0 Å². The van der Waals surface area contributed by atoms with Crippen LogP contribution in [0.15, 0.2) is 45.7 Å². The Kier molecular flexibility index (Phi) is 6.05. The van der Waals surface area contributed by atoms with E-state index in [1.807, 2.05) is 0 Å². The molecule has 0 radical (unpaired) electrons. The van der Waals surface area contributed by atoms with Crippen molar-refractivity contribution in [2.24, 2.45) is 0 Å². The molecular formula is C19H16N2O5S2. The van der Waals surface area contributed by atoms with Gasteiger partial charge in [-0.05, 0) is 31.5 Å². The minimum absolute atomic E-state index is 0.0554. The Balaban J connectivity index is 1.79. The third-order valence-corrected chi connectivity index (χ3v) is 5.43. The third kappa shape index (κ3) is 4.37. The Morgan fingerprint density at radius 1 is 1.32 bits per heavy atom. The van der Waals surface area contributed by atoms with Crippen molar-refractivity contribution >= 4 is 51.8 Å². The molecule has 0 unspecified atom stereocenters. The third-order valence-electron chi connectivity index (χ3n) is 4.05. The zero-order chi connectivity index (χ0) is 20.3. The lowest BCUT2D eigenvalue weighted by Gasteiger charge is -2.13. The van der Waals surface area contributed by atoms with Crippen LogP contribution in [-0.4, -0.2) is 32.4 Å². The van der Waals surface area contributed by atoms with Crippen molar-refractivity contribution in [3.63, 3.8) is 0 Å². The van der Waals surface area contributed by atoms with Crippen LogP contribution in [0.5, 0.6) is 0 Å². The highest BCUT2D eigenvalue weighted by molar-refractivity contribution is 8.26. The average molecular weight is 416 g/mol. The molecule has 0 saturated carbocycles. The van der Waals surface area contributed by atoms with E-state index in [1.54, 1.807) is 36.4 Å². The fourth-order valence-electron chi connectivity index (χ4n) is 2.72. The number of furan rings is 1. The molecule has 1 aliphatic rings. The van der Waals surface area contributed by atoms with E-state index in [0.717, 1.165) is 11.8 Å². The highest BCUT2D eigenvalue weighted by atomic mass is 32.2. The molecule has 0 N–H and O–H groups in total. The lowest BCUT2D eigenvalue weighted by atomic mass is 10.1. The predicted molar refractivity (Wildman–Crippen MR) is 111 cm³/mol. The summed E-state index contributed by atoms with van der Waals surface area (Å²) in [6.07, 6.45) is 2.52. The van der Waals surface area contributed by atoms with E-state index in [1.165, 1.54) is 17.9 Å². The molecule has 9 heteroatoms. The van der Waals surface area contributed by atoms with Gasteiger partial charge >= 0.3 is 0 Å². The summed E-state index contributed by atoms with van der Waals surface area (Å²) in [7, 11) is 0. The quantitative estimate of drug-likeness (QED) is 0.285. The molecule has 144 valence electrons. The second-order valence-electron chi connectivity index (χ2n) is 6.12. The van der Waals surface area contributed by atoms with Gasteiger partial charge < -0.3 is 9.21 Å². The molecule has 2 aromatic rings. The zero-order valence-electron chi connectivity index (χ0n) is 14.9. The summed E-state index contributed by atoms with van der Waals surface area (Å²) >= 11 is 6.42. The van der Waals surface area contributed by atoms with Gasteiger partial charge in [0.15, 0.2) is 0 Å². The first kappa shape index (κ1) is 20.0. The number of para-hydroxylation sites is 1. The standard InChI is InChI=1S/C19H16N2O5S2/c1-12(22)5-4-10-20-18(23)17(28-19(20)27)11-13-8-9-16(26-13)14-6-2-3-7-15(14)21(24)25/h2-3,6-9,11H,4-5,10H2,1H3. The van der Waals surface area contributed by atoms with Gasteiger partial charge in [-0.2, -0.15) is 0 Å². The predicted octanol–water partition coefficient (Wildman–Crippen LogP) is 4.43. The fourth-order valence-corrected chi connectivity index (χ4v) is 4.01. The Bertz CT molecular complexity index is 996. The van der Waals surface area contributed by atoms with Crippen molar-refractivity contribution in [1.29, 1.82) is 0 Å². The smallest absolute Gasteiger partial charge is 0.280 e. The largest absolute Gasteiger partial charge is 0.456 e. The fraction of sp³-hybridized carbons (Fsp3) is 0.211. The van der Waals surface area contributed by atoms with Crippen LogP contribution in [0.1, 0.15) is 25.5 Å². The second kappa shape index (κ2) is 8.49. The molecule has 1 aliphatic heterocycles. The molecule has 1 aromatic heterocycles. The number of Topliss-reactive ketones (excluding diaryl/α,β-unsaturated/α-hetero) is 1. The number of nitro groups is 1. The number of rotatable bonds is 7. The van der Waals surface area contributed by atoms with Gasteiger partial charge in [0.2, 0.25) is 0 Å². The molecule has 1 amide bonds. The van der Waals surface area contributed by atoms with Crippen molar-refractivity contribution in [1.82, 2.24) is 4.90 Å². The van der Waals surface area contributed by atoms with Crippen LogP contribution in [0.2, 0.25) is 0 Å². The summed E-state index contributed by atoms with van der Waals surface area (Å²) in [6, 6.07) is 9.56. The highest BCUT2D eigenvalue weighted by Crippen LogP contribution is 2.35. The molecular weight excluding hydrogens is 400 g/mol. The van der Waals surface area contributed by atoms with Gasteiger partial charge in [0.05, 0.1) is 15.4 Å². The zero-order valence-corrected chi connectivity index (χ0v) is 16.5. The van der Waals surface area contributed by atoms with Gasteiger partial charge in [0.1, 0.15) is 21.6 Å². The van der Waals surface area contributed by atoms with Crippen molar-refractivity contribution in [3.05, 3.63) is 57.2 Å². The molecule has 3 rings (SSSR count). The summed E-state index contributed by atoms with van der Waals surface area (Å²) < 4.78 is 6.14. The summed E-state index contributed by atoms with van der Waals surface area (Å²) in [5.74, 6) is 0.578. The van der Waals surface area contributed by atoms with Crippen LogP contribution in [-0.2, 0) is 9.59 Å². The molecule has 28 heavy (non-hydrogen) atoms. The van der Waals surface area contributed by atoms with E-state index in [2.05, 4.69) is 0 Å². The molecule has 0 bridgehead atoms. The molecule has 7 nitrogen and oxygen atoms in total. The number of benzene rings is 1. The van der Waals surface area contributed by atoms with E-state index in [0.29, 0.717) is 45.7 Å². The number of amides is 1. The number of nitrogens with zero attached hydrogens (tertiary/aromatic N) is 2. The van der Waals surface area contributed by atoms with Crippen LogP contribution in [0.25, 0.3) is 17.4 Å². The molecule has 1 aromatic carbocycles. The number of carbonyl (C=O) groups excluding carboxylic acids is 2. The summed E-state index contributed by atoms with van der Waals surface area (Å²) in [5.41, 5.74) is 0.309. The second-order valence-corrected chi connectivity index (χ2v) is 7.79. The Labute approximate surface area is 170 Å². The Morgan fingerprint density at radius 2 is 2.07 bits per heavy atom. The van der Waals surface area contributed by atoms with Crippen molar-refractivity contribution in [3.8, 4) is 11.3 Å². The minimum atomic E-state index is -0.469. The topological polar surface area (TPSA) is 93.7 Å². The Hall–Kier alpha value is -2.78. The van der Waals surface area contributed by atoms with Crippen LogP contribution < -0.4 is 0 Å². The van der Waals surface area contributed by atoms with Gasteiger partial charge in [-0.15, -0.1) is 0 Å². The number of thioether (sulfide) groups is 1. The van der Waals surface area contributed by atoms with E-state index in [9.17, 15) is 19.7 Å². The van der Waals surface area contributed by atoms with E-state index >= 15 is 0 Å². The first-order valence-corrected chi connectivity index (χ1v) is 9.67. The average Bonchev–Trinajstić information content (AvgIpc) is 3.21. The van der Waals surface area contributed by atoms with Gasteiger partial charge in [-0.3, -0.25) is 19.8 Å². The summed E-state index contributed by atoms with van der Waals surface area (Å²) in [6.45, 7) is 1.90. The van der Waals surface area contributed by atoms with E-state index in [4.69, 9.17) is 16.6 Å². The maximum absolute atomic E-state index is 12.5. The monoisotopic (exact) mass is 416 g/mol. The first-order chi connectivity index (χ1) is 13.4. The van der Waals surface area contributed by atoms with Crippen LogP contribution in [0.4, 0.5) is 5.69 Å². The van der Waals surface area contributed by atoms with E-state index in [-0.39, 0.29) is 17.4 Å². The SMILES string of the molecule is CC(=O)CCCN1C(=O)C(=Cc2ccc(-c3ccccc3[N+](=O)[O-])o2)SC1=S. The number of nitro benzene ring substituents is 1. The molecule has 1 saturated heterocycles. The number of thiocarbonyl (C=S) groups is 1. The van der Waals surface area contributed by atoms with Crippen molar-refractivity contribution in [2.75, 3.05) is 6.54 Å². The summed E-state index contributed by atoms with van der Waals surface area (Å²) in [4.78, 5) is 36.2. The van der Waals surface area contributed by atoms with Gasteiger partial charge in [0, 0.05) is 25.1 Å². The lowest BCUT2D eigenvalue weighted by molar-refractivity contribution is -0.384. The number of ketones is 1. The maximum atomic E-state index is 12.5. The molecule has 0 aliphatic carbocycles. The summed E-state index contributed by atoms with van der Waals surface area (Å²) in [5, 5.41) is 11.2. The highest BCUT2D eigenvalue weighted by Gasteiger charge is 2.32. The van der Waals surface area contributed by atoms with Crippen LogP contribution in [0, 0.1) is 10.1 Å². The van der Waals surface area contributed by atoms with Crippen molar-refractivity contribution in [2.45, 2.75) is 19.8 Å². The van der Waals surface area contributed by atoms with E-state index < -0.39 is 4.92 Å². The molecule has 0 atom stereocenters.